The second kappa shape index (κ2) is 6.06. The van der Waals surface area contributed by atoms with Gasteiger partial charge in [0.2, 0.25) is 0 Å². The Kier molecular flexibility index (Phi) is 4.91. The van der Waals surface area contributed by atoms with Crippen molar-refractivity contribution in [3.8, 4) is 5.75 Å². The topological polar surface area (TPSA) is 38.3 Å². The average molecular weight is 297 g/mol. The molecule has 1 amide bonds. The summed E-state index contributed by atoms with van der Waals surface area (Å²) in [6, 6.07) is 5.07. The van der Waals surface area contributed by atoms with Gasteiger partial charge in [-0.25, -0.2) is 0 Å². The Morgan fingerprint density at radius 1 is 1.15 bits per heavy atom. The lowest BCUT2D eigenvalue weighted by molar-refractivity contribution is -0.267. The van der Waals surface area contributed by atoms with Crippen LogP contribution >= 0.6 is 0 Å². The zero-order valence-electron chi connectivity index (χ0n) is 10.4. The summed E-state index contributed by atoms with van der Waals surface area (Å²) >= 11 is 0. The van der Waals surface area contributed by atoms with Crippen LogP contribution in [0, 0.1) is 0 Å². The SMILES string of the molecule is CCCOc1ccc(NC(=O)C(F)(F)C(F)(F)F)cc1. The monoisotopic (exact) mass is 297 g/mol. The van der Waals surface area contributed by atoms with E-state index in [1.165, 1.54) is 29.6 Å². The zero-order valence-corrected chi connectivity index (χ0v) is 10.4. The molecule has 8 heteroatoms. The molecule has 0 radical (unpaired) electrons. The van der Waals surface area contributed by atoms with Crippen LogP contribution in [-0.4, -0.2) is 24.6 Å². The van der Waals surface area contributed by atoms with Gasteiger partial charge < -0.3 is 10.1 Å². The lowest BCUT2D eigenvalue weighted by Crippen LogP contribution is -2.47. The number of nitrogens with one attached hydrogen (secondary N) is 1. The van der Waals surface area contributed by atoms with Crippen molar-refractivity contribution in [2.24, 2.45) is 0 Å². The number of anilines is 1. The van der Waals surface area contributed by atoms with Crippen LogP contribution in [0.4, 0.5) is 27.6 Å². The molecular formula is C12H12F5NO2. The molecule has 0 spiro atoms. The second-order valence-corrected chi connectivity index (χ2v) is 3.90. The molecule has 0 saturated heterocycles. The van der Waals surface area contributed by atoms with Gasteiger partial charge in [-0.2, -0.15) is 22.0 Å². The summed E-state index contributed by atoms with van der Waals surface area (Å²) in [7, 11) is 0. The van der Waals surface area contributed by atoms with Crippen LogP contribution in [0.15, 0.2) is 24.3 Å². The van der Waals surface area contributed by atoms with Crippen molar-refractivity contribution >= 4 is 11.6 Å². The fraction of sp³-hybridized carbons (Fsp3) is 0.417. The van der Waals surface area contributed by atoms with Gasteiger partial charge in [0.15, 0.2) is 0 Å². The molecule has 0 bridgehead atoms. The quantitative estimate of drug-likeness (QED) is 0.843. The summed E-state index contributed by atoms with van der Waals surface area (Å²) < 4.78 is 66.5. The molecule has 0 unspecified atom stereocenters. The molecule has 3 nitrogen and oxygen atoms in total. The van der Waals surface area contributed by atoms with Crippen LogP contribution in [0.25, 0.3) is 0 Å². The summed E-state index contributed by atoms with van der Waals surface area (Å²) in [6.07, 6.45) is -5.17. The number of benzene rings is 1. The highest BCUT2D eigenvalue weighted by Crippen LogP contribution is 2.36. The van der Waals surface area contributed by atoms with E-state index < -0.39 is 18.0 Å². The van der Waals surface area contributed by atoms with E-state index in [0.717, 1.165) is 6.42 Å². The van der Waals surface area contributed by atoms with Crippen molar-refractivity contribution in [1.82, 2.24) is 0 Å². The molecule has 0 saturated carbocycles. The number of hydrogen-bond donors (Lipinski definition) is 1. The molecular weight excluding hydrogens is 285 g/mol. The number of halogens is 5. The molecule has 0 fully saturated rings. The Labute approximate surface area is 111 Å². The first kappa shape index (κ1) is 16.2. The van der Waals surface area contributed by atoms with Gasteiger partial charge in [0.05, 0.1) is 6.61 Å². The molecule has 1 aromatic carbocycles. The summed E-state index contributed by atoms with van der Waals surface area (Å²) in [5, 5.41) is 1.51. The summed E-state index contributed by atoms with van der Waals surface area (Å²) in [6.45, 7) is 2.33. The zero-order chi connectivity index (χ0) is 15.4. The fourth-order valence-electron chi connectivity index (χ4n) is 1.19. The number of carbonyl (C=O) groups excluding carboxylic acids is 1. The standard InChI is InChI=1S/C12H12F5NO2/c1-2-7-20-9-5-3-8(4-6-9)18-10(19)11(13,14)12(15,16)17/h3-6H,2,7H2,1H3,(H,18,19). The third-order valence-electron chi connectivity index (χ3n) is 2.23. The van der Waals surface area contributed by atoms with E-state index in [1.54, 1.807) is 0 Å². The molecule has 1 rings (SSSR count). The van der Waals surface area contributed by atoms with E-state index in [-0.39, 0.29) is 5.69 Å². The normalized spacial score (nSPS) is 12.1. The number of rotatable bonds is 5. The Balaban J connectivity index is 2.72. The van der Waals surface area contributed by atoms with E-state index in [9.17, 15) is 26.7 Å². The fourth-order valence-corrected chi connectivity index (χ4v) is 1.19. The Morgan fingerprint density at radius 3 is 2.15 bits per heavy atom. The first-order valence-corrected chi connectivity index (χ1v) is 5.67. The minimum atomic E-state index is -5.93. The molecule has 0 heterocycles. The average Bonchev–Trinajstić information content (AvgIpc) is 2.36. The Morgan fingerprint density at radius 2 is 1.70 bits per heavy atom. The van der Waals surface area contributed by atoms with Gasteiger partial charge in [0, 0.05) is 5.69 Å². The Bertz CT molecular complexity index is 456. The van der Waals surface area contributed by atoms with Crippen LogP contribution in [0.1, 0.15) is 13.3 Å². The molecule has 0 aliphatic heterocycles. The number of carbonyl (C=O) groups is 1. The van der Waals surface area contributed by atoms with Gasteiger partial charge in [0.1, 0.15) is 5.75 Å². The van der Waals surface area contributed by atoms with E-state index in [1.807, 2.05) is 6.92 Å². The van der Waals surface area contributed by atoms with Crippen molar-refractivity contribution in [1.29, 1.82) is 0 Å². The maximum absolute atomic E-state index is 12.7. The summed E-state index contributed by atoms with van der Waals surface area (Å²) in [5.41, 5.74) is -0.178. The summed E-state index contributed by atoms with van der Waals surface area (Å²) in [4.78, 5) is 10.9. The van der Waals surface area contributed by atoms with Crippen molar-refractivity contribution in [3.05, 3.63) is 24.3 Å². The summed E-state index contributed by atoms with van der Waals surface area (Å²) in [5.74, 6) is -7.44. The molecule has 0 aliphatic rings. The van der Waals surface area contributed by atoms with Gasteiger partial charge in [-0.15, -0.1) is 0 Å². The first-order valence-electron chi connectivity index (χ1n) is 5.67. The van der Waals surface area contributed by atoms with Gasteiger partial charge >= 0.3 is 18.0 Å². The van der Waals surface area contributed by atoms with Gasteiger partial charge in [-0.3, -0.25) is 4.79 Å². The van der Waals surface area contributed by atoms with Crippen molar-refractivity contribution in [2.45, 2.75) is 25.4 Å². The van der Waals surface area contributed by atoms with Gasteiger partial charge in [-0.05, 0) is 30.7 Å². The highest BCUT2D eigenvalue weighted by atomic mass is 19.4. The highest BCUT2D eigenvalue weighted by molar-refractivity contribution is 5.96. The van der Waals surface area contributed by atoms with Crippen LogP contribution in [0.5, 0.6) is 5.75 Å². The molecule has 112 valence electrons. The molecule has 0 aromatic heterocycles. The lowest BCUT2D eigenvalue weighted by atomic mass is 10.2. The third kappa shape index (κ3) is 3.82. The number of amides is 1. The van der Waals surface area contributed by atoms with Crippen LogP contribution < -0.4 is 10.1 Å². The second-order valence-electron chi connectivity index (χ2n) is 3.90. The number of hydrogen-bond acceptors (Lipinski definition) is 2. The maximum atomic E-state index is 12.7. The minimum Gasteiger partial charge on any atom is -0.494 e. The first-order chi connectivity index (χ1) is 9.18. The minimum absolute atomic E-state index is 0.178. The van der Waals surface area contributed by atoms with E-state index in [0.29, 0.717) is 12.4 Å². The van der Waals surface area contributed by atoms with Gasteiger partial charge in [0.25, 0.3) is 0 Å². The predicted octanol–water partition coefficient (Wildman–Crippen LogP) is 3.61. The molecule has 20 heavy (non-hydrogen) atoms. The van der Waals surface area contributed by atoms with Crippen molar-refractivity contribution in [3.63, 3.8) is 0 Å². The van der Waals surface area contributed by atoms with Crippen molar-refractivity contribution in [2.75, 3.05) is 11.9 Å². The predicted molar refractivity (Wildman–Crippen MR) is 61.9 cm³/mol. The third-order valence-corrected chi connectivity index (χ3v) is 2.23. The van der Waals surface area contributed by atoms with E-state index in [2.05, 4.69) is 0 Å². The smallest absolute Gasteiger partial charge is 0.463 e. The van der Waals surface area contributed by atoms with Crippen LogP contribution in [0.3, 0.4) is 0 Å². The number of alkyl halides is 5. The lowest BCUT2D eigenvalue weighted by Gasteiger charge is -2.18. The van der Waals surface area contributed by atoms with Crippen molar-refractivity contribution < 1.29 is 31.5 Å². The van der Waals surface area contributed by atoms with E-state index >= 15 is 0 Å². The number of ether oxygens (including phenoxy) is 1. The molecule has 0 aliphatic carbocycles. The Hall–Kier alpha value is -1.86. The van der Waals surface area contributed by atoms with Crippen LogP contribution in [-0.2, 0) is 4.79 Å². The highest BCUT2D eigenvalue weighted by Gasteiger charge is 2.63. The largest absolute Gasteiger partial charge is 0.494 e. The molecule has 1 N–H and O–H groups in total. The molecule has 1 aromatic rings. The van der Waals surface area contributed by atoms with Gasteiger partial charge in [-0.1, -0.05) is 6.92 Å². The van der Waals surface area contributed by atoms with E-state index in [4.69, 9.17) is 4.74 Å². The maximum Gasteiger partial charge on any atom is 0.463 e. The molecule has 0 atom stereocenters. The van der Waals surface area contributed by atoms with Crippen LogP contribution in [0.2, 0.25) is 0 Å².